The van der Waals surface area contributed by atoms with Crippen LogP contribution in [0.4, 0.5) is 5.69 Å². The van der Waals surface area contributed by atoms with Gasteiger partial charge in [-0.05, 0) is 55.3 Å². The van der Waals surface area contributed by atoms with E-state index >= 15 is 0 Å². The molecule has 0 amide bonds. The molecule has 0 bridgehead atoms. The van der Waals surface area contributed by atoms with Crippen molar-refractivity contribution in [2.24, 2.45) is 4.99 Å². The van der Waals surface area contributed by atoms with Gasteiger partial charge in [-0.15, -0.1) is 0 Å². The van der Waals surface area contributed by atoms with Crippen LogP contribution in [0.3, 0.4) is 0 Å². The first-order valence-electron chi connectivity index (χ1n) is 9.04. The first-order valence-corrected chi connectivity index (χ1v) is 9.04. The summed E-state index contributed by atoms with van der Waals surface area (Å²) in [5.74, 6) is 2.06. The number of benzene rings is 3. The zero-order valence-electron chi connectivity index (χ0n) is 15.6. The van der Waals surface area contributed by atoms with E-state index in [9.17, 15) is 0 Å². The van der Waals surface area contributed by atoms with Crippen molar-refractivity contribution in [2.75, 3.05) is 0 Å². The molecule has 0 aliphatic carbocycles. The molecule has 0 aliphatic rings. The number of hydrogen-bond donors (Lipinski definition) is 0. The van der Waals surface area contributed by atoms with Crippen LogP contribution in [0.1, 0.15) is 18.9 Å². The van der Waals surface area contributed by atoms with E-state index in [1.807, 2.05) is 91.9 Å². The van der Waals surface area contributed by atoms with Gasteiger partial charge in [0.2, 0.25) is 5.90 Å². The Hall–Kier alpha value is -3.33. The van der Waals surface area contributed by atoms with Crippen LogP contribution in [-0.4, -0.2) is 5.90 Å². The summed E-state index contributed by atoms with van der Waals surface area (Å²) in [5, 5.41) is 0. The van der Waals surface area contributed by atoms with E-state index in [0.717, 1.165) is 34.7 Å². The number of ether oxygens (including phenoxy) is 2. The molecule has 3 rings (SSSR count). The fraction of sp³-hybridized carbons (Fsp3) is 0.125. The number of para-hydroxylation sites is 2. The van der Waals surface area contributed by atoms with Gasteiger partial charge in [0.1, 0.15) is 11.5 Å². The maximum absolute atomic E-state index is 6.09. The van der Waals surface area contributed by atoms with E-state index in [2.05, 4.69) is 6.92 Å². The molecule has 136 valence electrons. The lowest BCUT2D eigenvalue weighted by Crippen LogP contribution is -2.12. The summed E-state index contributed by atoms with van der Waals surface area (Å²) in [4.78, 5) is 4.70. The van der Waals surface area contributed by atoms with Crippen molar-refractivity contribution in [3.63, 3.8) is 0 Å². The fourth-order valence-corrected chi connectivity index (χ4v) is 2.49. The second-order valence-electron chi connectivity index (χ2n) is 6.10. The zero-order valence-corrected chi connectivity index (χ0v) is 15.6. The van der Waals surface area contributed by atoms with Crippen molar-refractivity contribution >= 4 is 11.6 Å². The monoisotopic (exact) mass is 357 g/mol. The zero-order chi connectivity index (χ0) is 18.9. The SMILES string of the molecule is CCC(=COc1cccc(C)c1)C(=Nc1ccccc1)Oc1ccccc1. The minimum Gasteiger partial charge on any atom is -0.465 e. The van der Waals surface area contributed by atoms with Gasteiger partial charge in [0.25, 0.3) is 0 Å². The molecule has 0 aliphatic heterocycles. The predicted molar refractivity (Wildman–Crippen MR) is 111 cm³/mol. The van der Waals surface area contributed by atoms with Crippen LogP contribution in [-0.2, 0) is 0 Å². The number of nitrogens with zero attached hydrogens (tertiary/aromatic N) is 1. The third kappa shape index (κ3) is 5.58. The summed E-state index contributed by atoms with van der Waals surface area (Å²) in [6.45, 7) is 4.10. The summed E-state index contributed by atoms with van der Waals surface area (Å²) in [7, 11) is 0. The van der Waals surface area contributed by atoms with E-state index in [1.165, 1.54) is 0 Å². The van der Waals surface area contributed by atoms with Crippen molar-refractivity contribution in [1.29, 1.82) is 0 Å². The molecule has 27 heavy (non-hydrogen) atoms. The van der Waals surface area contributed by atoms with Crippen molar-refractivity contribution in [1.82, 2.24) is 0 Å². The molecule has 0 heterocycles. The molecular weight excluding hydrogens is 334 g/mol. The normalized spacial score (nSPS) is 11.9. The molecular formula is C24H23NO2. The summed E-state index contributed by atoms with van der Waals surface area (Å²) in [5.41, 5.74) is 2.86. The fourth-order valence-electron chi connectivity index (χ4n) is 2.49. The van der Waals surface area contributed by atoms with Gasteiger partial charge in [0.15, 0.2) is 0 Å². The third-order valence-corrected chi connectivity index (χ3v) is 3.93. The minimum atomic E-state index is 0.530. The molecule has 0 radical (unpaired) electrons. The molecule has 3 aromatic carbocycles. The number of aryl methyl sites for hydroxylation is 1. The molecule has 0 spiro atoms. The highest BCUT2D eigenvalue weighted by atomic mass is 16.5. The Morgan fingerprint density at radius 3 is 2.19 bits per heavy atom. The third-order valence-electron chi connectivity index (χ3n) is 3.93. The van der Waals surface area contributed by atoms with Crippen LogP contribution < -0.4 is 9.47 Å². The van der Waals surface area contributed by atoms with E-state index in [-0.39, 0.29) is 0 Å². The lowest BCUT2D eigenvalue weighted by atomic mass is 10.2. The van der Waals surface area contributed by atoms with Crippen LogP contribution in [0, 0.1) is 6.92 Å². The van der Waals surface area contributed by atoms with Crippen molar-refractivity contribution in [3.8, 4) is 11.5 Å². The first-order chi connectivity index (χ1) is 13.2. The Morgan fingerprint density at radius 1 is 0.852 bits per heavy atom. The molecule has 0 N–H and O–H groups in total. The summed E-state index contributed by atoms with van der Waals surface area (Å²) in [6, 6.07) is 27.4. The predicted octanol–water partition coefficient (Wildman–Crippen LogP) is 6.48. The molecule has 3 heteroatoms. The van der Waals surface area contributed by atoms with Crippen LogP contribution in [0.5, 0.6) is 11.5 Å². The van der Waals surface area contributed by atoms with Gasteiger partial charge >= 0.3 is 0 Å². The topological polar surface area (TPSA) is 30.8 Å². The lowest BCUT2D eigenvalue weighted by molar-refractivity contribution is 0.471. The van der Waals surface area contributed by atoms with Crippen molar-refractivity contribution < 1.29 is 9.47 Å². The number of aliphatic imine (C=N–C) groups is 1. The summed E-state index contributed by atoms with van der Waals surface area (Å²) < 4.78 is 12.0. The van der Waals surface area contributed by atoms with E-state index < -0.39 is 0 Å². The van der Waals surface area contributed by atoms with E-state index in [0.29, 0.717) is 5.90 Å². The van der Waals surface area contributed by atoms with Crippen LogP contribution >= 0.6 is 0 Å². The smallest absolute Gasteiger partial charge is 0.226 e. The molecule has 0 atom stereocenters. The van der Waals surface area contributed by atoms with E-state index in [4.69, 9.17) is 14.5 Å². The van der Waals surface area contributed by atoms with Gasteiger partial charge in [-0.1, -0.05) is 55.5 Å². The maximum atomic E-state index is 6.09. The molecule has 0 aromatic heterocycles. The van der Waals surface area contributed by atoms with Gasteiger partial charge in [-0.25, -0.2) is 4.99 Å². The van der Waals surface area contributed by atoms with Crippen LogP contribution in [0.15, 0.2) is 102 Å². The molecule has 0 fully saturated rings. The molecule has 3 aromatic rings. The highest BCUT2D eigenvalue weighted by Gasteiger charge is 2.10. The quantitative estimate of drug-likeness (QED) is 0.287. The maximum Gasteiger partial charge on any atom is 0.226 e. The summed E-state index contributed by atoms with van der Waals surface area (Å²) in [6.07, 6.45) is 2.45. The minimum absolute atomic E-state index is 0.530. The molecule has 0 saturated heterocycles. The molecule has 0 unspecified atom stereocenters. The number of rotatable bonds is 6. The lowest BCUT2D eigenvalue weighted by Gasteiger charge is -2.12. The Bertz CT molecular complexity index is 915. The average molecular weight is 357 g/mol. The Kier molecular flexibility index (Phi) is 6.42. The van der Waals surface area contributed by atoms with Gasteiger partial charge in [-0.2, -0.15) is 0 Å². The Morgan fingerprint density at radius 2 is 1.52 bits per heavy atom. The Labute approximate surface area is 160 Å². The Balaban J connectivity index is 1.91. The summed E-state index contributed by atoms with van der Waals surface area (Å²) >= 11 is 0. The van der Waals surface area contributed by atoms with Crippen molar-refractivity contribution in [3.05, 3.63) is 102 Å². The second-order valence-corrected chi connectivity index (χ2v) is 6.10. The number of hydrogen-bond acceptors (Lipinski definition) is 3. The van der Waals surface area contributed by atoms with Gasteiger partial charge in [0.05, 0.1) is 11.9 Å². The van der Waals surface area contributed by atoms with Crippen LogP contribution in [0.2, 0.25) is 0 Å². The standard InChI is InChI=1S/C24H23NO2/c1-3-20(18-26-23-16-10-11-19(2)17-23)24(25-21-12-6-4-7-13-21)27-22-14-8-5-9-15-22/h4-18H,3H2,1-2H3. The highest BCUT2D eigenvalue weighted by Crippen LogP contribution is 2.20. The first kappa shape index (κ1) is 18.5. The molecule has 3 nitrogen and oxygen atoms in total. The van der Waals surface area contributed by atoms with Crippen LogP contribution in [0.25, 0.3) is 0 Å². The molecule has 0 saturated carbocycles. The highest BCUT2D eigenvalue weighted by molar-refractivity contribution is 5.96. The van der Waals surface area contributed by atoms with Gasteiger partial charge < -0.3 is 9.47 Å². The average Bonchev–Trinajstić information content (AvgIpc) is 2.70. The largest absolute Gasteiger partial charge is 0.465 e. The second kappa shape index (κ2) is 9.39. The van der Waals surface area contributed by atoms with Gasteiger partial charge in [0, 0.05) is 5.57 Å². The van der Waals surface area contributed by atoms with Crippen molar-refractivity contribution in [2.45, 2.75) is 20.3 Å². The van der Waals surface area contributed by atoms with E-state index in [1.54, 1.807) is 6.26 Å². The van der Waals surface area contributed by atoms with Gasteiger partial charge in [-0.3, -0.25) is 0 Å².